The molecule has 1 aliphatic heterocycles. The number of ether oxygens (including phenoxy) is 2. The first-order valence-corrected chi connectivity index (χ1v) is 6.88. The second-order valence-corrected chi connectivity index (χ2v) is 4.87. The Labute approximate surface area is 119 Å². The standard InChI is InChI=1S/C14H21N3O3/c1-11(2)20-14-12(4-3-5-15-14)16-10-13(18)17-6-8-19-9-7-17/h3-5,11,16H,6-10H2,1-2H3. The molecule has 1 fully saturated rings. The van der Waals surface area contributed by atoms with Crippen LogP contribution in [0.5, 0.6) is 5.88 Å². The first-order valence-electron chi connectivity index (χ1n) is 6.88. The van der Waals surface area contributed by atoms with Gasteiger partial charge in [-0.3, -0.25) is 4.79 Å². The van der Waals surface area contributed by atoms with Gasteiger partial charge in [0, 0.05) is 19.3 Å². The summed E-state index contributed by atoms with van der Waals surface area (Å²) >= 11 is 0. The third-order valence-corrected chi connectivity index (χ3v) is 2.91. The zero-order valence-corrected chi connectivity index (χ0v) is 12.0. The lowest BCUT2D eigenvalue weighted by molar-refractivity contribution is -0.133. The predicted molar refractivity (Wildman–Crippen MR) is 75.9 cm³/mol. The second-order valence-electron chi connectivity index (χ2n) is 4.87. The van der Waals surface area contributed by atoms with Crippen LogP contribution in [0.2, 0.25) is 0 Å². The van der Waals surface area contributed by atoms with E-state index in [1.54, 1.807) is 11.1 Å². The molecule has 0 atom stereocenters. The highest BCUT2D eigenvalue weighted by atomic mass is 16.5. The Balaban J connectivity index is 1.91. The molecular weight excluding hydrogens is 258 g/mol. The number of nitrogens with one attached hydrogen (secondary N) is 1. The lowest BCUT2D eigenvalue weighted by atomic mass is 10.3. The molecule has 1 aromatic rings. The smallest absolute Gasteiger partial charge is 0.242 e. The Bertz CT molecular complexity index is 445. The number of morpholine rings is 1. The van der Waals surface area contributed by atoms with E-state index in [9.17, 15) is 4.79 Å². The molecular formula is C14H21N3O3. The summed E-state index contributed by atoms with van der Waals surface area (Å²) in [5, 5.41) is 3.10. The van der Waals surface area contributed by atoms with Crippen LogP contribution in [-0.4, -0.2) is 54.7 Å². The molecule has 0 unspecified atom stereocenters. The molecule has 1 aromatic heterocycles. The van der Waals surface area contributed by atoms with Crippen LogP contribution in [0.3, 0.4) is 0 Å². The van der Waals surface area contributed by atoms with Crippen molar-refractivity contribution in [2.45, 2.75) is 20.0 Å². The molecule has 2 heterocycles. The average molecular weight is 279 g/mol. The highest BCUT2D eigenvalue weighted by Gasteiger charge is 2.17. The molecule has 1 amide bonds. The van der Waals surface area contributed by atoms with Crippen LogP contribution in [0.1, 0.15) is 13.8 Å². The third kappa shape index (κ3) is 4.09. The van der Waals surface area contributed by atoms with Gasteiger partial charge in [0.1, 0.15) is 0 Å². The Morgan fingerprint density at radius 3 is 2.95 bits per heavy atom. The van der Waals surface area contributed by atoms with Gasteiger partial charge in [0.15, 0.2) is 0 Å². The van der Waals surface area contributed by atoms with Gasteiger partial charge in [-0.2, -0.15) is 0 Å². The third-order valence-electron chi connectivity index (χ3n) is 2.91. The van der Waals surface area contributed by atoms with Crippen molar-refractivity contribution in [2.75, 3.05) is 38.2 Å². The molecule has 20 heavy (non-hydrogen) atoms. The summed E-state index contributed by atoms with van der Waals surface area (Å²) in [4.78, 5) is 18.0. The molecule has 1 aliphatic rings. The van der Waals surface area contributed by atoms with E-state index in [-0.39, 0.29) is 18.6 Å². The summed E-state index contributed by atoms with van der Waals surface area (Å²) in [6.45, 7) is 6.65. The number of amides is 1. The van der Waals surface area contributed by atoms with Crippen LogP contribution in [0, 0.1) is 0 Å². The molecule has 0 spiro atoms. The van der Waals surface area contributed by atoms with Crippen LogP contribution < -0.4 is 10.1 Å². The average Bonchev–Trinajstić information content (AvgIpc) is 2.46. The van der Waals surface area contributed by atoms with Crippen LogP contribution in [-0.2, 0) is 9.53 Å². The minimum absolute atomic E-state index is 0.0420. The summed E-state index contributed by atoms with van der Waals surface area (Å²) in [7, 11) is 0. The number of hydrogen-bond acceptors (Lipinski definition) is 5. The summed E-state index contributed by atoms with van der Waals surface area (Å²) in [6, 6.07) is 3.67. The van der Waals surface area contributed by atoms with Crippen molar-refractivity contribution in [3.63, 3.8) is 0 Å². The number of aromatic nitrogens is 1. The topological polar surface area (TPSA) is 63.7 Å². The van der Waals surface area contributed by atoms with Gasteiger partial charge in [0.05, 0.1) is 31.5 Å². The summed E-state index contributed by atoms with van der Waals surface area (Å²) in [5.74, 6) is 0.588. The molecule has 0 radical (unpaired) electrons. The fourth-order valence-corrected chi connectivity index (χ4v) is 1.94. The van der Waals surface area contributed by atoms with E-state index in [2.05, 4.69) is 10.3 Å². The van der Waals surface area contributed by atoms with E-state index in [1.807, 2.05) is 26.0 Å². The summed E-state index contributed by atoms with van der Waals surface area (Å²) in [6.07, 6.45) is 1.72. The SMILES string of the molecule is CC(C)Oc1ncccc1NCC(=O)N1CCOCC1. The maximum Gasteiger partial charge on any atom is 0.242 e. The number of rotatable bonds is 5. The van der Waals surface area contributed by atoms with E-state index in [0.29, 0.717) is 32.2 Å². The fraction of sp³-hybridized carbons (Fsp3) is 0.571. The van der Waals surface area contributed by atoms with Crippen molar-refractivity contribution in [3.8, 4) is 5.88 Å². The van der Waals surface area contributed by atoms with Gasteiger partial charge in [-0.1, -0.05) is 0 Å². The van der Waals surface area contributed by atoms with Crippen LogP contribution >= 0.6 is 0 Å². The van der Waals surface area contributed by atoms with Gasteiger partial charge in [-0.15, -0.1) is 0 Å². The van der Waals surface area contributed by atoms with Gasteiger partial charge in [0.2, 0.25) is 11.8 Å². The zero-order chi connectivity index (χ0) is 14.4. The van der Waals surface area contributed by atoms with Crippen molar-refractivity contribution >= 4 is 11.6 Å². The Hall–Kier alpha value is -1.82. The lowest BCUT2D eigenvalue weighted by Gasteiger charge is -2.27. The molecule has 6 heteroatoms. The highest BCUT2D eigenvalue weighted by molar-refractivity contribution is 5.81. The van der Waals surface area contributed by atoms with E-state index in [1.165, 1.54) is 0 Å². The van der Waals surface area contributed by atoms with Crippen molar-refractivity contribution < 1.29 is 14.3 Å². The van der Waals surface area contributed by atoms with Gasteiger partial charge >= 0.3 is 0 Å². The van der Waals surface area contributed by atoms with Crippen LogP contribution in [0.25, 0.3) is 0 Å². The molecule has 0 aliphatic carbocycles. The molecule has 0 aromatic carbocycles. The van der Waals surface area contributed by atoms with Crippen LogP contribution in [0.4, 0.5) is 5.69 Å². The predicted octanol–water partition coefficient (Wildman–Crippen LogP) is 1.14. The normalized spacial score (nSPS) is 15.2. The first-order chi connectivity index (χ1) is 9.66. The van der Waals surface area contributed by atoms with Crippen molar-refractivity contribution in [1.82, 2.24) is 9.88 Å². The Kier molecular flexibility index (Phi) is 5.17. The summed E-state index contributed by atoms with van der Waals surface area (Å²) in [5.41, 5.74) is 0.739. The zero-order valence-electron chi connectivity index (χ0n) is 12.0. The number of carbonyl (C=O) groups is 1. The van der Waals surface area contributed by atoms with Crippen molar-refractivity contribution in [3.05, 3.63) is 18.3 Å². The number of nitrogens with zero attached hydrogens (tertiary/aromatic N) is 2. The van der Waals surface area contributed by atoms with Crippen LogP contribution in [0.15, 0.2) is 18.3 Å². The largest absolute Gasteiger partial charge is 0.473 e. The number of carbonyl (C=O) groups excluding carboxylic acids is 1. The minimum Gasteiger partial charge on any atom is -0.473 e. The monoisotopic (exact) mass is 279 g/mol. The van der Waals surface area contributed by atoms with E-state index in [0.717, 1.165) is 5.69 Å². The molecule has 1 saturated heterocycles. The minimum atomic E-state index is 0.0420. The van der Waals surface area contributed by atoms with Gasteiger partial charge in [-0.05, 0) is 26.0 Å². The maximum atomic E-state index is 12.1. The molecule has 0 bridgehead atoms. The first kappa shape index (κ1) is 14.6. The number of hydrogen-bond donors (Lipinski definition) is 1. The number of anilines is 1. The maximum absolute atomic E-state index is 12.1. The van der Waals surface area contributed by atoms with Crippen molar-refractivity contribution in [2.24, 2.45) is 0 Å². The highest BCUT2D eigenvalue weighted by Crippen LogP contribution is 2.21. The van der Waals surface area contributed by atoms with E-state index >= 15 is 0 Å². The fourth-order valence-electron chi connectivity index (χ4n) is 1.94. The molecule has 2 rings (SSSR count). The Morgan fingerprint density at radius 2 is 2.25 bits per heavy atom. The molecule has 110 valence electrons. The lowest BCUT2D eigenvalue weighted by Crippen LogP contribution is -2.43. The Morgan fingerprint density at radius 1 is 1.50 bits per heavy atom. The van der Waals surface area contributed by atoms with Gasteiger partial charge < -0.3 is 19.7 Å². The molecule has 1 N–H and O–H groups in total. The molecule has 6 nitrogen and oxygen atoms in total. The van der Waals surface area contributed by atoms with E-state index < -0.39 is 0 Å². The second kappa shape index (κ2) is 7.09. The van der Waals surface area contributed by atoms with Gasteiger partial charge in [0.25, 0.3) is 0 Å². The number of pyridine rings is 1. The van der Waals surface area contributed by atoms with Crippen molar-refractivity contribution in [1.29, 1.82) is 0 Å². The summed E-state index contributed by atoms with van der Waals surface area (Å²) < 4.78 is 10.8. The van der Waals surface area contributed by atoms with Gasteiger partial charge in [-0.25, -0.2) is 4.98 Å². The molecule has 0 saturated carbocycles. The van der Waals surface area contributed by atoms with E-state index in [4.69, 9.17) is 9.47 Å². The quantitative estimate of drug-likeness (QED) is 0.875.